The molecular weight excluding hydrogens is 268 g/mol. The van der Waals surface area contributed by atoms with Crippen LogP contribution in [-0.4, -0.2) is 18.5 Å². The number of carbonyl (C=O) groups excluding carboxylic acids is 1. The number of hydrogen-bond donors (Lipinski definition) is 2. The zero-order valence-electron chi connectivity index (χ0n) is 10.9. The normalized spacial score (nSPS) is 15.9. The average Bonchev–Trinajstić information content (AvgIpc) is 3.09. The van der Waals surface area contributed by atoms with Gasteiger partial charge in [0.1, 0.15) is 0 Å². The predicted octanol–water partition coefficient (Wildman–Crippen LogP) is 2.51. The molecule has 1 saturated carbocycles. The summed E-state index contributed by atoms with van der Waals surface area (Å²) >= 11 is 1.59. The van der Waals surface area contributed by atoms with Gasteiger partial charge < -0.3 is 11.1 Å². The van der Waals surface area contributed by atoms with Gasteiger partial charge in [-0.15, -0.1) is 23.7 Å². The van der Waals surface area contributed by atoms with Gasteiger partial charge in [0.2, 0.25) is 0 Å². The number of thiophene rings is 1. The fourth-order valence-electron chi connectivity index (χ4n) is 1.97. The topological polar surface area (TPSA) is 55.1 Å². The van der Waals surface area contributed by atoms with E-state index < -0.39 is 0 Å². The first-order chi connectivity index (χ1) is 8.11. The first-order valence-corrected chi connectivity index (χ1v) is 7.06. The molecule has 0 radical (unpaired) electrons. The molecule has 1 aromatic rings. The van der Waals surface area contributed by atoms with Crippen LogP contribution in [0.5, 0.6) is 0 Å². The lowest BCUT2D eigenvalue weighted by atomic mass is 10.2. The van der Waals surface area contributed by atoms with Crippen molar-refractivity contribution in [3.05, 3.63) is 21.4 Å². The van der Waals surface area contributed by atoms with E-state index in [-0.39, 0.29) is 24.4 Å². The molecule has 1 heterocycles. The van der Waals surface area contributed by atoms with Crippen molar-refractivity contribution in [2.75, 3.05) is 6.54 Å². The fraction of sp³-hybridized carbons (Fsp3) is 0.615. The van der Waals surface area contributed by atoms with Crippen LogP contribution in [0.3, 0.4) is 0 Å². The quantitative estimate of drug-likeness (QED) is 0.875. The highest BCUT2D eigenvalue weighted by atomic mass is 35.5. The summed E-state index contributed by atoms with van der Waals surface area (Å²) in [5, 5.41) is 2.93. The summed E-state index contributed by atoms with van der Waals surface area (Å²) < 4.78 is 0. The molecule has 1 amide bonds. The van der Waals surface area contributed by atoms with Crippen molar-refractivity contribution in [2.45, 2.75) is 39.2 Å². The average molecular weight is 289 g/mol. The highest BCUT2D eigenvalue weighted by molar-refractivity contribution is 7.14. The summed E-state index contributed by atoms with van der Waals surface area (Å²) in [6, 6.07) is 2.10. The molecular formula is C13H21ClN2OS. The third-order valence-electron chi connectivity index (χ3n) is 3.29. The Balaban J connectivity index is 0.00000162. The SMILES string of the molecule is CCc1sc(C(=O)NCC(N)C2CC2)cc1C.Cl. The van der Waals surface area contributed by atoms with Crippen molar-refractivity contribution in [3.8, 4) is 0 Å². The second-order valence-corrected chi connectivity index (χ2v) is 5.92. The first-order valence-electron chi connectivity index (χ1n) is 6.25. The number of aryl methyl sites for hydroxylation is 2. The molecule has 1 aliphatic carbocycles. The molecule has 1 unspecified atom stereocenters. The van der Waals surface area contributed by atoms with E-state index in [0.717, 1.165) is 11.3 Å². The van der Waals surface area contributed by atoms with E-state index in [9.17, 15) is 4.79 Å². The smallest absolute Gasteiger partial charge is 0.261 e. The van der Waals surface area contributed by atoms with Crippen LogP contribution in [-0.2, 0) is 6.42 Å². The van der Waals surface area contributed by atoms with Crippen molar-refractivity contribution in [2.24, 2.45) is 11.7 Å². The van der Waals surface area contributed by atoms with Gasteiger partial charge in [0, 0.05) is 17.5 Å². The minimum Gasteiger partial charge on any atom is -0.350 e. The Labute approximate surface area is 119 Å². The number of halogens is 1. The Hall–Kier alpha value is -0.580. The fourth-order valence-corrected chi connectivity index (χ4v) is 3.00. The molecule has 0 aromatic carbocycles. The van der Waals surface area contributed by atoms with Crippen LogP contribution >= 0.6 is 23.7 Å². The number of nitrogens with two attached hydrogens (primary N) is 1. The number of rotatable bonds is 5. The monoisotopic (exact) mass is 288 g/mol. The van der Waals surface area contributed by atoms with Gasteiger partial charge in [0.15, 0.2) is 0 Å². The molecule has 0 aliphatic heterocycles. The largest absolute Gasteiger partial charge is 0.350 e. The maximum Gasteiger partial charge on any atom is 0.261 e. The summed E-state index contributed by atoms with van der Waals surface area (Å²) in [6.45, 7) is 4.77. The number of hydrogen-bond acceptors (Lipinski definition) is 3. The highest BCUT2D eigenvalue weighted by Crippen LogP contribution is 2.31. The van der Waals surface area contributed by atoms with E-state index in [4.69, 9.17) is 5.73 Å². The third-order valence-corrected chi connectivity index (χ3v) is 4.67. The lowest BCUT2D eigenvalue weighted by Crippen LogP contribution is -2.38. The minimum atomic E-state index is 0. The lowest BCUT2D eigenvalue weighted by Gasteiger charge is -2.10. The molecule has 1 atom stereocenters. The Bertz CT molecular complexity index is 415. The van der Waals surface area contributed by atoms with Crippen molar-refractivity contribution in [1.29, 1.82) is 0 Å². The Kier molecular flexibility index (Phi) is 5.63. The zero-order valence-corrected chi connectivity index (χ0v) is 12.5. The van der Waals surface area contributed by atoms with Crippen molar-refractivity contribution >= 4 is 29.7 Å². The molecule has 3 nitrogen and oxygen atoms in total. The van der Waals surface area contributed by atoms with Crippen LogP contribution < -0.4 is 11.1 Å². The Morgan fingerprint density at radius 3 is 2.78 bits per heavy atom. The van der Waals surface area contributed by atoms with Gasteiger partial charge in [-0.3, -0.25) is 4.79 Å². The molecule has 18 heavy (non-hydrogen) atoms. The lowest BCUT2D eigenvalue weighted by molar-refractivity contribution is 0.0954. The van der Waals surface area contributed by atoms with E-state index >= 15 is 0 Å². The molecule has 2 rings (SSSR count). The van der Waals surface area contributed by atoms with Crippen LogP contribution in [0.15, 0.2) is 6.07 Å². The summed E-state index contributed by atoms with van der Waals surface area (Å²) in [5.41, 5.74) is 7.17. The van der Waals surface area contributed by atoms with Gasteiger partial charge in [0.25, 0.3) is 5.91 Å². The van der Waals surface area contributed by atoms with Crippen molar-refractivity contribution in [1.82, 2.24) is 5.32 Å². The van der Waals surface area contributed by atoms with Crippen LogP contribution in [0.1, 0.15) is 39.9 Å². The van der Waals surface area contributed by atoms with Crippen LogP contribution in [0.2, 0.25) is 0 Å². The second kappa shape index (κ2) is 6.55. The first kappa shape index (κ1) is 15.5. The number of carbonyl (C=O) groups is 1. The molecule has 1 fully saturated rings. The van der Waals surface area contributed by atoms with Crippen molar-refractivity contribution < 1.29 is 4.79 Å². The Morgan fingerprint density at radius 1 is 1.61 bits per heavy atom. The number of amides is 1. The van der Waals surface area contributed by atoms with Gasteiger partial charge >= 0.3 is 0 Å². The van der Waals surface area contributed by atoms with Crippen LogP contribution in [0, 0.1) is 12.8 Å². The molecule has 5 heteroatoms. The molecule has 3 N–H and O–H groups in total. The van der Waals surface area contributed by atoms with E-state index in [1.165, 1.54) is 23.3 Å². The maximum absolute atomic E-state index is 11.9. The minimum absolute atomic E-state index is 0. The standard InChI is InChI=1S/C13H20N2OS.ClH/c1-3-11-8(2)6-12(17-11)13(16)15-7-10(14)9-4-5-9;/h6,9-10H,3-5,7,14H2,1-2H3,(H,15,16);1H. The summed E-state index contributed by atoms with van der Waals surface area (Å²) in [6.07, 6.45) is 3.43. The Morgan fingerprint density at radius 2 is 2.28 bits per heavy atom. The summed E-state index contributed by atoms with van der Waals surface area (Å²) in [4.78, 5) is 14.0. The number of nitrogens with one attached hydrogen (secondary N) is 1. The van der Waals surface area contributed by atoms with Gasteiger partial charge in [-0.25, -0.2) is 0 Å². The zero-order chi connectivity index (χ0) is 12.4. The predicted molar refractivity (Wildman–Crippen MR) is 78.7 cm³/mol. The summed E-state index contributed by atoms with van der Waals surface area (Å²) in [5.74, 6) is 0.653. The molecule has 1 aliphatic rings. The van der Waals surface area contributed by atoms with E-state index in [0.29, 0.717) is 12.5 Å². The summed E-state index contributed by atoms with van der Waals surface area (Å²) in [7, 11) is 0. The van der Waals surface area contributed by atoms with Crippen LogP contribution in [0.4, 0.5) is 0 Å². The second-order valence-electron chi connectivity index (χ2n) is 4.78. The van der Waals surface area contributed by atoms with E-state index in [1.54, 1.807) is 11.3 Å². The van der Waals surface area contributed by atoms with Gasteiger partial charge in [-0.2, -0.15) is 0 Å². The van der Waals surface area contributed by atoms with Gasteiger partial charge in [-0.05, 0) is 43.7 Å². The van der Waals surface area contributed by atoms with Crippen LogP contribution in [0.25, 0.3) is 0 Å². The van der Waals surface area contributed by atoms with E-state index in [1.807, 2.05) is 6.07 Å². The molecule has 0 bridgehead atoms. The van der Waals surface area contributed by atoms with Gasteiger partial charge in [0.05, 0.1) is 4.88 Å². The molecule has 0 spiro atoms. The molecule has 102 valence electrons. The van der Waals surface area contributed by atoms with Crippen molar-refractivity contribution in [3.63, 3.8) is 0 Å². The maximum atomic E-state index is 11.9. The van der Waals surface area contributed by atoms with E-state index in [2.05, 4.69) is 19.2 Å². The molecule has 0 saturated heterocycles. The van der Waals surface area contributed by atoms with Gasteiger partial charge in [-0.1, -0.05) is 6.92 Å². The third kappa shape index (κ3) is 3.70. The molecule has 1 aromatic heterocycles. The highest BCUT2D eigenvalue weighted by Gasteiger charge is 2.28.